The zero-order chi connectivity index (χ0) is 11.0. The number of amides is 1. The summed E-state index contributed by atoms with van der Waals surface area (Å²) in [6.07, 6.45) is 1.17. The Kier molecular flexibility index (Phi) is 2.56. The third-order valence-electron chi connectivity index (χ3n) is 2.32. The molecule has 1 unspecified atom stereocenters. The number of nitrogens with zero attached hydrogens (tertiary/aromatic N) is 3. The van der Waals surface area contributed by atoms with Gasteiger partial charge in [0.1, 0.15) is 11.9 Å². The summed E-state index contributed by atoms with van der Waals surface area (Å²) in [4.78, 5) is 19.6. The lowest BCUT2D eigenvalue weighted by atomic mass is 10.0. The lowest BCUT2D eigenvalue weighted by Crippen LogP contribution is -2.55. The minimum absolute atomic E-state index is 0.373. The quantitative estimate of drug-likeness (QED) is 0.795. The maximum absolute atomic E-state index is 12.8. The van der Waals surface area contributed by atoms with Gasteiger partial charge in [-0.2, -0.15) is 9.37 Å². The molecule has 0 saturated carbocycles. The number of hydrogen-bond acceptors (Lipinski definition) is 4. The molecule has 7 heteroatoms. The normalized spacial score (nSPS) is 19.9. The van der Waals surface area contributed by atoms with Crippen LogP contribution in [0, 0.1) is 6.08 Å². The number of anilines is 1. The standard InChI is InChI=1S/C8H8BrFN4O/c9-4-3-12-8(10)13-7(4)14-2-1-5(14)6(11)15/h3,5H,1-2H2,(H2,11,15). The maximum Gasteiger partial charge on any atom is 0.310 e. The summed E-state index contributed by atoms with van der Waals surface area (Å²) in [5, 5.41) is 0. The van der Waals surface area contributed by atoms with Crippen LogP contribution in [0.4, 0.5) is 10.2 Å². The van der Waals surface area contributed by atoms with Gasteiger partial charge in [-0.05, 0) is 22.4 Å². The van der Waals surface area contributed by atoms with Crippen molar-refractivity contribution >= 4 is 27.7 Å². The molecule has 1 aromatic heterocycles. The van der Waals surface area contributed by atoms with Crippen LogP contribution < -0.4 is 10.6 Å². The molecule has 0 spiro atoms. The highest BCUT2D eigenvalue weighted by Gasteiger charge is 2.34. The highest BCUT2D eigenvalue weighted by atomic mass is 79.9. The Morgan fingerprint density at radius 1 is 1.73 bits per heavy atom. The molecule has 0 bridgehead atoms. The molecule has 1 aliphatic heterocycles. The maximum atomic E-state index is 12.8. The van der Waals surface area contributed by atoms with E-state index in [4.69, 9.17) is 5.73 Å². The van der Waals surface area contributed by atoms with Crippen LogP contribution >= 0.6 is 15.9 Å². The minimum Gasteiger partial charge on any atom is -0.368 e. The number of rotatable bonds is 2. The summed E-state index contributed by atoms with van der Waals surface area (Å²) in [6, 6.07) is -0.393. The summed E-state index contributed by atoms with van der Waals surface area (Å²) in [7, 11) is 0. The van der Waals surface area contributed by atoms with Crippen molar-refractivity contribution in [2.75, 3.05) is 11.4 Å². The monoisotopic (exact) mass is 274 g/mol. The molecule has 15 heavy (non-hydrogen) atoms. The van der Waals surface area contributed by atoms with Gasteiger partial charge in [-0.25, -0.2) is 4.98 Å². The van der Waals surface area contributed by atoms with Crippen LogP contribution in [0.3, 0.4) is 0 Å². The second-order valence-electron chi connectivity index (χ2n) is 3.21. The van der Waals surface area contributed by atoms with Crippen molar-refractivity contribution in [2.45, 2.75) is 12.5 Å². The molecule has 2 rings (SSSR count). The first kappa shape index (κ1) is 10.3. The lowest BCUT2D eigenvalue weighted by molar-refractivity contribution is -0.120. The number of hydrogen-bond donors (Lipinski definition) is 1. The third kappa shape index (κ3) is 1.79. The van der Waals surface area contributed by atoms with Crippen LogP contribution in [0.5, 0.6) is 0 Å². The Hall–Kier alpha value is -1.24. The van der Waals surface area contributed by atoms with Gasteiger partial charge in [-0.15, -0.1) is 0 Å². The molecule has 0 aliphatic carbocycles. The summed E-state index contributed by atoms with van der Waals surface area (Å²) in [5.74, 6) is -0.0512. The molecule has 1 amide bonds. The molecule has 2 N–H and O–H groups in total. The van der Waals surface area contributed by atoms with Crippen molar-refractivity contribution in [1.82, 2.24) is 9.97 Å². The Morgan fingerprint density at radius 2 is 2.47 bits per heavy atom. The number of nitrogens with two attached hydrogens (primary N) is 1. The number of aromatic nitrogens is 2. The van der Waals surface area contributed by atoms with Crippen LogP contribution in [0.2, 0.25) is 0 Å². The van der Waals surface area contributed by atoms with Gasteiger partial charge >= 0.3 is 6.08 Å². The van der Waals surface area contributed by atoms with Gasteiger partial charge in [-0.3, -0.25) is 4.79 Å². The number of primary amides is 1. The van der Waals surface area contributed by atoms with E-state index in [1.807, 2.05) is 0 Å². The summed E-state index contributed by atoms with van der Waals surface area (Å²) in [6.45, 7) is 0.642. The van der Waals surface area contributed by atoms with Gasteiger partial charge in [0.15, 0.2) is 0 Å². The molecule has 1 fully saturated rings. The highest BCUT2D eigenvalue weighted by Crippen LogP contribution is 2.30. The molecular formula is C8H8BrFN4O. The first-order chi connectivity index (χ1) is 7.09. The van der Waals surface area contributed by atoms with Crippen molar-refractivity contribution in [1.29, 1.82) is 0 Å². The van der Waals surface area contributed by atoms with Gasteiger partial charge in [-0.1, -0.05) is 0 Å². The molecule has 1 saturated heterocycles. The second kappa shape index (κ2) is 3.73. The lowest BCUT2D eigenvalue weighted by Gasteiger charge is -2.39. The molecule has 1 atom stereocenters. The average molecular weight is 275 g/mol. The number of carbonyl (C=O) groups excluding carboxylic acids is 1. The number of carbonyl (C=O) groups is 1. The molecular weight excluding hydrogens is 267 g/mol. The third-order valence-corrected chi connectivity index (χ3v) is 2.88. The van der Waals surface area contributed by atoms with Crippen molar-refractivity contribution < 1.29 is 9.18 Å². The van der Waals surface area contributed by atoms with E-state index in [0.717, 1.165) is 0 Å². The SMILES string of the molecule is NC(=O)C1CCN1c1nc(F)ncc1Br. The molecule has 0 aromatic carbocycles. The van der Waals surface area contributed by atoms with Crippen LogP contribution in [0.1, 0.15) is 6.42 Å². The average Bonchev–Trinajstić information content (AvgIpc) is 2.08. The van der Waals surface area contributed by atoms with Gasteiger partial charge < -0.3 is 10.6 Å². The van der Waals surface area contributed by atoms with E-state index in [1.54, 1.807) is 4.90 Å². The summed E-state index contributed by atoms with van der Waals surface area (Å²) >= 11 is 3.20. The summed E-state index contributed by atoms with van der Waals surface area (Å²) < 4.78 is 13.4. The summed E-state index contributed by atoms with van der Waals surface area (Å²) in [5.41, 5.74) is 5.18. The molecule has 1 aliphatic rings. The first-order valence-electron chi connectivity index (χ1n) is 4.33. The van der Waals surface area contributed by atoms with E-state index in [1.165, 1.54) is 6.20 Å². The topological polar surface area (TPSA) is 72.1 Å². The Bertz CT molecular complexity index is 414. The Balaban J connectivity index is 2.30. The fourth-order valence-corrected chi connectivity index (χ4v) is 1.89. The fourth-order valence-electron chi connectivity index (χ4n) is 1.48. The van der Waals surface area contributed by atoms with Crippen molar-refractivity contribution in [3.05, 3.63) is 16.7 Å². The van der Waals surface area contributed by atoms with Gasteiger partial charge in [0.25, 0.3) is 0 Å². The Morgan fingerprint density at radius 3 is 3.00 bits per heavy atom. The number of halogens is 2. The minimum atomic E-state index is -0.816. The van der Waals surface area contributed by atoms with E-state index in [-0.39, 0.29) is 0 Å². The van der Waals surface area contributed by atoms with Crippen molar-refractivity contribution in [2.24, 2.45) is 5.73 Å². The molecule has 2 heterocycles. The Labute approximate surface area is 93.6 Å². The molecule has 5 nitrogen and oxygen atoms in total. The second-order valence-corrected chi connectivity index (χ2v) is 4.07. The van der Waals surface area contributed by atoms with E-state index in [0.29, 0.717) is 23.3 Å². The highest BCUT2D eigenvalue weighted by molar-refractivity contribution is 9.10. The zero-order valence-electron chi connectivity index (χ0n) is 7.65. The largest absolute Gasteiger partial charge is 0.368 e. The smallest absolute Gasteiger partial charge is 0.310 e. The zero-order valence-corrected chi connectivity index (χ0v) is 9.24. The molecule has 1 aromatic rings. The molecule has 80 valence electrons. The van der Waals surface area contributed by atoms with E-state index < -0.39 is 18.0 Å². The van der Waals surface area contributed by atoms with Crippen LogP contribution in [-0.2, 0) is 4.79 Å². The van der Waals surface area contributed by atoms with Crippen molar-refractivity contribution in [3.8, 4) is 0 Å². The van der Waals surface area contributed by atoms with E-state index >= 15 is 0 Å². The van der Waals surface area contributed by atoms with Crippen LogP contribution in [0.25, 0.3) is 0 Å². The predicted octanol–water partition coefficient (Wildman–Crippen LogP) is 0.442. The van der Waals surface area contributed by atoms with Gasteiger partial charge in [0.2, 0.25) is 5.91 Å². The van der Waals surface area contributed by atoms with E-state index in [9.17, 15) is 9.18 Å². The van der Waals surface area contributed by atoms with Gasteiger partial charge in [0, 0.05) is 12.7 Å². The predicted molar refractivity (Wildman–Crippen MR) is 54.6 cm³/mol. The van der Waals surface area contributed by atoms with Crippen molar-refractivity contribution in [3.63, 3.8) is 0 Å². The molecule has 0 radical (unpaired) electrons. The van der Waals surface area contributed by atoms with Crippen LogP contribution in [0.15, 0.2) is 10.7 Å². The first-order valence-corrected chi connectivity index (χ1v) is 5.13. The van der Waals surface area contributed by atoms with E-state index in [2.05, 4.69) is 25.9 Å². The van der Waals surface area contributed by atoms with Gasteiger partial charge in [0.05, 0.1) is 4.47 Å². The fraction of sp³-hybridized carbons (Fsp3) is 0.375. The van der Waals surface area contributed by atoms with Crippen LogP contribution in [-0.4, -0.2) is 28.5 Å².